The minimum Gasteiger partial charge on any atom is -0.312 e. The molecule has 0 amide bonds. The van der Waals surface area contributed by atoms with Gasteiger partial charge in [-0.3, -0.25) is 0 Å². The monoisotopic (exact) mass is 296 g/mol. The molecular weight excluding hydrogens is 264 g/mol. The molecule has 0 radical (unpaired) electrons. The van der Waals surface area contributed by atoms with Gasteiger partial charge in [0.2, 0.25) is 0 Å². The van der Waals surface area contributed by atoms with Gasteiger partial charge < -0.3 is 10.2 Å². The van der Waals surface area contributed by atoms with Crippen molar-refractivity contribution in [1.82, 2.24) is 10.2 Å². The lowest BCUT2D eigenvalue weighted by molar-refractivity contribution is 0.0842. The van der Waals surface area contributed by atoms with Gasteiger partial charge in [0, 0.05) is 11.6 Å². The molecule has 0 aromatic carbocycles. The lowest BCUT2D eigenvalue weighted by Crippen LogP contribution is -2.58. The van der Waals surface area contributed by atoms with Crippen molar-refractivity contribution < 1.29 is 0 Å². The Kier molecular flexibility index (Phi) is 7.78. The van der Waals surface area contributed by atoms with Gasteiger partial charge in [0.1, 0.15) is 0 Å². The maximum atomic E-state index is 3.82. The Balaban J connectivity index is 2.79. The van der Waals surface area contributed by atoms with E-state index in [1.165, 1.54) is 37.7 Å². The molecular formula is C17H32N2S. The second-order valence-corrected chi connectivity index (χ2v) is 6.66. The first-order valence-corrected chi connectivity index (χ1v) is 8.96. The fraction of sp³-hybridized carbons (Fsp3) is 0.765. The first-order valence-electron chi connectivity index (χ1n) is 8.02. The van der Waals surface area contributed by atoms with Crippen LogP contribution >= 0.6 is 11.3 Å². The molecule has 0 aliphatic heterocycles. The minimum atomic E-state index is 0.269. The van der Waals surface area contributed by atoms with E-state index in [-0.39, 0.29) is 5.54 Å². The number of likely N-dealkylation sites (N-methyl/N-ethyl adjacent to an activating group) is 1. The first-order chi connectivity index (χ1) is 9.60. The van der Waals surface area contributed by atoms with Gasteiger partial charge in [-0.2, -0.15) is 11.3 Å². The molecule has 20 heavy (non-hydrogen) atoms. The normalized spacial score (nSPS) is 13.9. The Morgan fingerprint density at radius 3 is 2.40 bits per heavy atom. The third-order valence-corrected chi connectivity index (χ3v) is 5.44. The van der Waals surface area contributed by atoms with Crippen LogP contribution in [-0.2, 0) is 6.42 Å². The number of hydrogen-bond donors (Lipinski definition) is 1. The lowest BCUT2D eigenvalue weighted by Gasteiger charge is -2.46. The Morgan fingerprint density at radius 2 is 1.95 bits per heavy atom. The third-order valence-electron chi connectivity index (χ3n) is 4.71. The summed E-state index contributed by atoms with van der Waals surface area (Å²) in [6.07, 6.45) is 5.99. The van der Waals surface area contributed by atoms with E-state index in [1.54, 1.807) is 11.3 Å². The van der Waals surface area contributed by atoms with Crippen molar-refractivity contribution in [3.63, 3.8) is 0 Å². The average Bonchev–Trinajstić information content (AvgIpc) is 2.95. The van der Waals surface area contributed by atoms with Gasteiger partial charge in [-0.15, -0.1) is 0 Å². The van der Waals surface area contributed by atoms with Crippen molar-refractivity contribution in [2.75, 3.05) is 20.6 Å². The second-order valence-electron chi connectivity index (χ2n) is 5.88. The highest BCUT2D eigenvalue weighted by atomic mass is 32.1. The van der Waals surface area contributed by atoms with Gasteiger partial charge in [-0.1, -0.05) is 20.8 Å². The van der Waals surface area contributed by atoms with E-state index in [0.29, 0.717) is 6.04 Å². The fourth-order valence-corrected chi connectivity index (χ4v) is 4.02. The summed E-state index contributed by atoms with van der Waals surface area (Å²) in [6, 6.07) is 2.82. The molecule has 1 aromatic rings. The number of hydrogen-bond acceptors (Lipinski definition) is 3. The van der Waals surface area contributed by atoms with Crippen LogP contribution in [-0.4, -0.2) is 37.1 Å². The van der Waals surface area contributed by atoms with Crippen LogP contribution in [0, 0.1) is 0 Å². The molecule has 1 aromatic heterocycles. The Morgan fingerprint density at radius 1 is 1.25 bits per heavy atom. The van der Waals surface area contributed by atoms with E-state index >= 15 is 0 Å². The highest BCUT2D eigenvalue weighted by Gasteiger charge is 2.36. The molecule has 1 atom stereocenters. The molecule has 1 unspecified atom stereocenters. The Hall–Kier alpha value is -0.380. The van der Waals surface area contributed by atoms with Crippen molar-refractivity contribution in [2.24, 2.45) is 0 Å². The molecule has 0 saturated carbocycles. The van der Waals surface area contributed by atoms with E-state index in [4.69, 9.17) is 0 Å². The second kappa shape index (κ2) is 8.81. The summed E-state index contributed by atoms with van der Waals surface area (Å²) in [7, 11) is 4.47. The van der Waals surface area contributed by atoms with Crippen LogP contribution in [0.5, 0.6) is 0 Å². The molecule has 0 aliphatic rings. The zero-order chi connectivity index (χ0) is 15.0. The zero-order valence-corrected chi connectivity index (χ0v) is 14.7. The van der Waals surface area contributed by atoms with Gasteiger partial charge in [0.05, 0.1) is 0 Å². The van der Waals surface area contributed by atoms with Crippen molar-refractivity contribution in [2.45, 2.75) is 64.5 Å². The summed E-state index contributed by atoms with van der Waals surface area (Å²) in [4.78, 5) is 2.44. The number of rotatable bonds is 10. The molecule has 0 aliphatic carbocycles. The standard InChI is InChI=1S/C17H32N2S/c1-6-12-18-16(10-9-15-11-13-20-14-15)17(7-2,8-3)19(4)5/h11,13-14,16,18H,6-10,12H2,1-5H3. The van der Waals surface area contributed by atoms with Crippen LogP contribution in [0.4, 0.5) is 0 Å². The Bertz CT molecular complexity index is 342. The molecule has 3 heteroatoms. The molecule has 0 fully saturated rings. The average molecular weight is 297 g/mol. The van der Waals surface area contributed by atoms with Crippen LogP contribution in [0.25, 0.3) is 0 Å². The van der Waals surface area contributed by atoms with Gasteiger partial charge in [-0.05, 0) is 75.1 Å². The molecule has 1 rings (SSSR count). The van der Waals surface area contributed by atoms with E-state index < -0.39 is 0 Å². The van der Waals surface area contributed by atoms with E-state index in [9.17, 15) is 0 Å². The minimum absolute atomic E-state index is 0.269. The van der Waals surface area contributed by atoms with Crippen molar-refractivity contribution in [1.29, 1.82) is 0 Å². The zero-order valence-electron chi connectivity index (χ0n) is 13.9. The fourth-order valence-electron chi connectivity index (χ4n) is 3.31. The van der Waals surface area contributed by atoms with Crippen molar-refractivity contribution in [3.8, 4) is 0 Å². The highest BCUT2D eigenvalue weighted by molar-refractivity contribution is 7.07. The molecule has 1 heterocycles. The molecule has 0 bridgehead atoms. The Labute approximate surface area is 129 Å². The topological polar surface area (TPSA) is 15.3 Å². The molecule has 0 spiro atoms. The molecule has 0 saturated heterocycles. The molecule has 116 valence electrons. The van der Waals surface area contributed by atoms with Gasteiger partial charge >= 0.3 is 0 Å². The maximum Gasteiger partial charge on any atom is 0.0351 e. The number of nitrogens with one attached hydrogen (secondary N) is 1. The van der Waals surface area contributed by atoms with E-state index in [1.807, 2.05) is 0 Å². The number of nitrogens with zero attached hydrogens (tertiary/aromatic N) is 1. The summed E-state index contributed by atoms with van der Waals surface area (Å²) < 4.78 is 0. The predicted octanol–water partition coefficient (Wildman–Crippen LogP) is 4.17. The highest BCUT2D eigenvalue weighted by Crippen LogP contribution is 2.29. The molecule has 1 N–H and O–H groups in total. The van der Waals surface area contributed by atoms with Crippen LogP contribution in [0.3, 0.4) is 0 Å². The van der Waals surface area contributed by atoms with E-state index in [2.05, 4.69) is 61.9 Å². The summed E-state index contributed by atoms with van der Waals surface area (Å²) in [6.45, 7) is 8.02. The van der Waals surface area contributed by atoms with Crippen molar-refractivity contribution in [3.05, 3.63) is 22.4 Å². The largest absolute Gasteiger partial charge is 0.312 e. The third kappa shape index (κ3) is 4.31. The van der Waals surface area contributed by atoms with E-state index in [0.717, 1.165) is 6.54 Å². The quantitative estimate of drug-likeness (QED) is 0.697. The predicted molar refractivity (Wildman–Crippen MR) is 91.7 cm³/mol. The first kappa shape index (κ1) is 17.7. The maximum absolute atomic E-state index is 3.82. The van der Waals surface area contributed by atoms with Crippen LogP contribution < -0.4 is 5.32 Å². The van der Waals surface area contributed by atoms with Crippen LogP contribution in [0.1, 0.15) is 52.0 Å². The van der Waals surface area contributed by atoms with Crippen LogP contribution in [0.2, 0.25) is 0 Å². The smallest absolute Gasteiger partial charge is 0.0351 e. The van der Waals surface area contributed by atoms with Gasteiger partial charge in [0.15, 0.2) is 0 Å². The summed E-state index contributed by atoms with van der Waals surface area (Å²) >= 11 is 1.80. The molecule has 2 nitrogen and oxygen atoms in total. The number of aryl methyl sites for hydroxylation is 1. The van der Waals surface area contributed by atoms with Crippen LogP contribution in [0.15, 0.2) is 16.8 Å². The summed E-state index contributed by atoms with van der Waals surface area (Å²) in [5.74, 6) is 0. The van der Waals surface area contributed by atoms with Gasteiger partial charge in [-0.25, -0.2) is 0 Å². The van der Waals surface area contributed by atoms with Crippen molar-refractivity contribution >= 4 is 11.3 Å². The summed E-state index contributed by atoms with van der Waals surface area (Å²) in [5, 5.41) is 8.28. The van der Waals surface area contributed by atoms with Gasteiger partial charge in [0.25, 0.3) is 0 Å². The lowest BCUT2D eigenvalue weighted by atomic mass is 9.80. The summed E-state index contributed by atoms with van der Waals surface area (Å²) in [5.41, 5.74) is 1.75. The SMILES string of the molecule is CCCNC(CCc1ccsc1)C(CC)(CC)N(C)C. The number of thiophene rings is 1.